The van der Waals surface area contributed by atoms with Gasteiger partial charge in [0.05, 0.1) is 13.4 Å². The van der Waals surface area contributed by atoms with E-state index in [-0.39, 0.29) is 17.9 Å². The zero-order valence-corrected chi connectivity index (χ0v) is 15.8. The minimum Gasteiger partial charge on any atom is -0.453 e. The van der Waals surface area contributed by atoms with Crippen molar-refractivity contribution in [1.29, 1.82) is 0 Å². The molecule has 9 nitrogen and oxygen atoms in total. The number of methoxy groups -OCH3 is 1. The fourth-order valence-corrected chi connectivity index (χ4v) is 4.09. The molecule has 0 saturated carbocycles. The first kappa shape index (κ1) is 19.9. The second kappa shape index (κ2) is 8.81. The van der Waals surface area contributed by atoms with Gasteiger partial charge in [0.15, 0.2) is 0 Å². The number of nitrogens with zero attached hydrogens (tertiary/aromatic N) is 3. The van der Waals surface area contributed by atoms with Crippen molar-refractivity contribution in [2.75, 3.05) is 65.7 Å². The Hall–Kier alpha value is -1.39. The molecule has 0 spiro atoms. The molecule has 0 aromatic heterocycles. The number of piperidine rings is 1. The van der Waals surface area contributed by atoms with Gasteiger partial charge in [-0.1, -0.05) is 0 Å². The zero-order chi connectivity index (χ0) is 18.4. The van der Waals surface area contributed by atoms with Crippen LogP contribution in [0.15, 0.2) is 0 Å². The summed E-state index contributed by atoms with van der Waals surface area (Å²) in [5.74, 6) is -0.115. The summed E-state index contributed by atoms with van der Waals surface area (Å²) in [5.41, 5.74) is 0. The maximum atomic E-state index is 12.2. The second-order valence-electron chi connectivity index (χ2n) is 6.53. The van der Waals surface area contributed by atoms with Gasteiger partial charge < -0.3 is 15.0 Å². The molecule has 2 fully saturated rings. The number of hydrogen-bond donors (Lipinski definition) is 1. The Kier molecular flexibility index (Phi) is 7.03. The van der Waals surface area contributed by atoms with Crippen molar-refractivity contribution < 1.29 is 22.7 Å². The summed E-state index contributed by atoms with van der Waals surface area (Å²) in [6.45, 7) is 4.90. The molecule has 0 atom stereocenters. The van der Waals surface area contributed by atoms with Crippen molar-refractivity contribution in [3.05, 3.63) is 0 Å². The Morgan fingerprint density at radius 2 is 1.68 bits per heavy atom. The van der Waals surface area contributed by atoms with E-state index < -0.39 is 10.0 Å². The van der Waals surface area contributed by atoms with Crippen molar-refractivity contribution in [2.24, 2.45) is 5.92 Å². The molecule has 0 radical (unpaired) electrons. The van der Waals surface area contributed by atoms with Gasteiger partial charge in [0.2, 0.25) is 15.9 Å². The number of carbonyl (C=O) groups excluding carboxylic acids is 2. The van der Waals surface area contributed by atoms with E-state index in [1.807, 2.05) is 0 Å². The first-order valence-electron chi connectivity index (χ1n) is 8.59. The van der Waals surface area contributed by atoms with Gasteiger partial charge in [0, 0.05) is 58.3 Å². The third-order valence-corrected chi connectivity index (χ3v) is 6.13. The number of nitrogens with one attached hydrogen (secondary N) is 1. The van der Waals surface area contributed by atoms with E-state index in [1.54, 1.807) is 4.90 Å². The molecule has 2 aliphatic rings. The molecular weight excluding hydrogens is 348 g/mol. The molecule has 2 amide bonds. The van der Waals surface area contributed by atoms with E-state index in [1.165, 1.54) is 17.7 Å². The first-order valence-corrected chi connectivity index (χ1v) is 10.4. The van der Waals surface area contributed by atoms with Gasteiger partial charge in [-0.25, -0.2) is 17.5 Å². The van der Waals surface area contributed by atoms with Crippen molar-refractivity contribution in [1.82, 2.24) is 19.4 Å². The summed E-state index contributed by atoms with van der Waals surface area (Å²) < 4.78 is 29.1. The number of hydrogen-bond acceptors (Lipinski definition) is 6. The van der Waals surface area contributed by atoms with E-state index in [2.05, 4.69) is 10.2 Å². The lowest BCUT2D eigenvalue weighted by Gasteiger charge is -2.34. The number of carbonyl (C=O) groups is 2. The first-order chi connectivity index (χ1) is 11.8. The molecule has 0 unspecified atom stereocenters. The van der Waals surface area contributed by atoms with Crippen LogP contribution in [0, 0.1) is 5.92 Å². The molecule has 2 rings (SSSR count). The van der Waals surface area contributed by atoms with Gasteiger partial charge in [0.1, 0.15) is 0 Å². The van der Waals surface area contributed by atoms with E-state index in [4.69, 9.17) is 4.74 Å². The van der Waals surface area contributed by atoms with Crippen molar-refractivity contribution >= 4 is 22.0 Å². The Balaban J connectivity index is 1.63. The van der Waals surface area contributed by atoms with Gasteiger partial charge in [-0.05, 0) is 12.8 Å². The molecule has 0 aromatic rings. The van der Waals surface area contributed by atoms with Gasteiger partial charge in [-0.2, -0.15) is 0 Å². The third kappa shape index (κ3) is 5.82. The van der Waals surface area contributed by atoms with E-state index in [0.717, 1.165) is 19.6 Å². The molecule has 0 aromatic carbocycles. The molecule has 0 bridgehead atoms. The summed E-state index contributed by atoms with van der Waals surface area (Å²) in [5, 5.41) is 2.94. The monoisotopic (exact) mass is 376 g/mol. The van der Waals surface area contributed by atoms with Gasteiger partial charge in [0.25, 0.3) is 0 Å². The molecule has 1 N–H and O–H groups in total. The number of rotatable bonds is 5. The fraction of sp³-hybridized carbons (Fsp3) is 0.867. The Bertz CT molecular complexity index is 566. The zero-order valence-electron chi connectivity index (χ0n) is 14.9. The Labute approximate surface area is 149 Å². The largest absolute Gasteiger partial charge is 0.453 e. The van der Waals surface area contributed by atoms with Gasteiger partial charge >= 0.3 is 6.09 Å². The lowest BCUT2D eigenvalue weighted by molar-refractivity contribution is -0.126. The highest BCUT2D eigenvalue weighted by molar-refractivity contribution is 7.88. The number of sulfonamides is 1. The predicted molar refractivity (Wildman–Crippen MR) is 92.6 cm³/mol. The summed E-state index contributed by atoms with van der Waals surface area (Å²) in [4.78, 5) is 27.5. The number of ether oxygens (including phenoxy) is 1. The highest BCUT2D eigenvalue weighted by Crippen LogP contribution is 2.19. The predicted octanol–water partition coefficient (Wildman–Crippen LogP) is -0.842. The molecule has 2 heterocycles. The molecular formula is C15H28N4O5S. The molecule has 25 heavy (non-hydrogen) atoms. The third-order valence-electron chi connectivity index (χ3n) is 4.83. The number of amides is 2. The molecule has 2 aliphatic heterocycles. The minimum atomic E-state index is -3.16. The summed E-state index contributed by atoms with van der Waals surface area (Å²) in [7, 11) is -1.78. The Morgan fingerprint density at radius 1 is 1.08 bits per heavy atom. The average Bonchev–Trinajstić information content (AvgIpc) is 2.61. The lowest BCUT2D eigenvalue weighted by Crippen LogP contribution is -2.50. The summed E-state index contributed by atoms with van der Waals surface area (Å²) in [6.07, 6.45) is 2.04. The van der Waals surface area contributed by atoms with Crippen molar-refractivity contribution in [3.63, 3.8) is 0 Å². The highest BCUT2D eigenvalue weighted by atomic mass is 32.2. The summed E-state index contributed by atoms with van der Waals surface area (Å²) >= 11 is 0. The lowest BCUT2D eigenvalue weighted by atomic mass is 9.97. The van der Waals surface area contributed by atoms with E-state index in [9.17, 15) is 18.0 Å². The molecule has 144 valence electrons. The standard InChI is InChI=1S/C15H28N4O5S/c1-24-15(21)18-11-9-17(10-12-18)8-5-16-14(20)13-3-6-19(7-4-13)25(2,22)23/h13H,3-12H2,1-2H3,(H,16,20). The molecule has 0 aliphatic carbocycles. The van der Waals surface area contributed by atoms with E-state index in [0.29, 0.717) is 45.6 Å². The van der Waals surface area contributed by atoms with Crippen molar-refractivity contribution in [2.45, 2.75) is 12.8 Å². The maximum Gasteiger partial charge on any atom is 0.409 e. The Morgan fingerprint density at radius 3 is 2.20 bits per heavy atom. The van der Waals surface area contributed by atoms with Crippen LogP contribution in [0.1, 0.15) is 12.8 Å². The van der Waals surface area contributed by atoms with Crippen LogP contribution >= 0.6 is 0 Å². The second-order valence-corrected chi connectivity index (χ2v) is 8.51. The smallest absolute Gasteiger partial charge is 0.409 e. The van der Waals surface area contributed by atoms with Crippen LogP contribution in [-0.4, -0.2) is 100 Å². The highest BCUT2D eigenvalue weighted by Gasteiger charge is 2.29. The topological polar surface area (TPSA) is 99.3 Å². The van der Waals surface area contributed by atoms with E-state index >= 15 is 0 Å². The van der Waals surface area contributed by atoms with Crippen LogP contribution in [0.2, 0.25) is 0 Å². The number of piperazine rings is 1. The van der Waals surface area contributed by atoms with Crippen LogP contribution in [0.5, 0.6) is 0 Å². The van der Waals surface area contributed by atoms with Crippen LogP contribution in [0.3, 0.4) is 0 Å². The normalized spacial score (nSPS) is 21.1. The van der Waals surface area contributed by atoms with Crippen molar-refractivity contribution in [3.8, 4) is 0 Å². The maximum absolute atomic E-state index is 12.2. The van der Waals surface area contributed by atoms with Gasteiger partial charge in [-0.15, -0.1) is 0 Å². The summed E-state index contributed by atoms with van der Waals surface area (Å²) in [6, 6.07) is 0. The minimum absolute atomic E-state index is 0.00125. The van der Waals surface area contributed by atoms with Crippen LogP contribution < -0.4 is 5.32 Å². The average molecular weight is 376 g/mol. The van der Waals surface area contributed by atoms with Crippen LogP contribution in [-0.2, 0) is 19.6 Å². The quantitative estimate of drug-likeness (QED) is 0.672. The molecule has 10 heteroatoms. The molecule has 2 saturated heterocycles. The van der Waals surface area contributed by atoms with Gasteiger partial charge in [-0.3, -0.25) is 9.69 Å². The SMILES string of the molecule is COC(=O)N1CCN(CCNC(=O)C2CCN(S(C)(=O)=O)CC2)CC1. The van der Waals surface area contributed by atoms with Crippen LogP contribution in [0.4, 0.5) is 4.79 Å². The fourth-order valence-electron chi connectivity index (χ4n) is 3.21. The van der Waals surface area contributed by atoms with Crippen LogP contribution in [0.25, 0.3) is 0 Å².